The summed E-state index contributed by atoms with van der Waals surface area (Å²) < 4.78 is 35.7. The van der Waals surface area contributed by atoms with Crippen LogP contribution in [0.2, 0.25) is 5.02 Å². The number of carbonyl (C=O) groups excluding carboxylic acids is 1. The van der Waals surface area contributed by atoms with Crippen molar-refractivity contribution in [3.05, 3.63) is 58.6 Å². The fourth-order valence-corrected chi connectivity index (χ4v) is 3.53. The molecule has 8 heteroatoms. The number of sulfonamides is 1. The Labute approximate surface area is 156 Å². The normalized spacial score (nSPS) is 13.5. The molecular formula is C18H16ClNO5S. The van der Waals surface area contributed by atoms with Crippen molar-refractivity contribution in [1.29, 1.82) is 0 Å². The smallest absolute Gasteiger partial charge is 0.242 e. The fraction of sp³-hybridized carbons (Fsp3) is 0.167. The van der Waals surface area contributed by atoms with Crippen LogP contribution in [0.4, 0.5) is 0 Å². The minimum absolute atomic E-state index is 0.114. The summed E-state index contributed by atoms with van der Waals surface area (Å²) in [5, 5.41) is 0.408. The summed E-state index contributed by atoms with van der Waals surface area (Å²) in [4.78, 5) is 12.4. The highest BCUT2D eigenvalue weighted by molar-refractivity contribution is 7.89. The Bertz CT molecular complexity index is 981. The van der Waals surface area contributed by atoms with Crippen LogP contribution >= 0.6 is 11.6 Å². The Morgan fingerprint density at radius 1 is 1.15 bits per heavy atom. The lowest BCUT2D eigenvalue weighted by Crippen LogP contribution is -2.22. The number of halogens is 1. The Morgan fingerprint density at radius 2 is 1.85 bits per heavy atom. The van der Waals surface area contributed by atoms with E-state index in [1.807, 2.05) is 0 Å². The molecule has 0 saturated heterocycles. The zero-order valence-electron chi connectivity index (χ0n) is 14.1. The molecule has 2 aromatic carbocycles. The van der Waals surface area contributed by atoms with E-state index < -0.39 is 10.0 Å². The molecule has 0 saturated carbocycles. The van der Waals surface area contributed by atoms with Gasteiger partial charge in [0.2, 0.25) is 16.8 Å². The first-order valence-electron chi connectivity index (χ1n) is 7.63. The zero-order valence-corrected chi connectivity index (χ0v) is 15.7. The predicted octanol–water partition coefficient (Wildman–Crippen LogP) is 3.22. The first kappa shape index (κ1) is 18.4. The van der Waals surface area contributed by atoms with Crippen molar-refractivity contribution >= 4 is 33.5 Å². The summed E-state index contributed by atoms with van der Waals surface area (Å²) >= 11 is 6.11. The largest absolute Gasteiger partial charge is 0.454 e. The van der Waals surface area contributed by atoms with Crippen LogP contribution in [0.5, 0.6) is 11.5 Å². The molecule has 6 nitrogen and oxygen atoms in total. The van der Waals surface area contributed by atoms with Crippen LogP contribution in [0.3, 0.4) is 0 Å². The maximum atomic E-state index is 12.3. The Morgan fingerprint density at radius 3 is 2.50 bits per heavy atom. The molecule has 1 aliphatic heterocycles. The molecule has 0 N–H and O–H groups in total. The van der Waals surface area contributed by atoms with E-state index in [0.717, 1.165) is 4.31 Å². The van der Waals surface area contributed by atoms with Crippen LogP contribution < -0.4 is 9.47 Å². The summed E-state index contributed by atoms with van der Waals surface area (Å²) in [5.41, 5.74) is 1.07. The van der Waals surface area contributed by atoms with Crippen molar-refractivity contribution in [3.8, 4) is 11.5 Å². The van der Waals surface area contributed by atoms with Gasteiger partial charge < -0.3 is 9.47 Å². The lowest BCUT2D eigenvalue weighted by atomic mass is 10.1. The van der Waals surface area contributed by atoms with Crippen molar-refractivity contribution in [2.45, 2.75) is 4.90 Å². The second-order valence-electron chi connectivity index (χ2n) is 5.75. The molecule has 2 aromatic rings. The number of ether oxygens (including phenoxy) is 2. The topological polar surface area (TPSA) is 72.9 Å². The van der Waals surface area contributed by atoms with Gasteiger partial charge in [0, 0.05) is 19.7 Å². The van der Waals surface area contributed by atoms with Crippen LogP contribution in [0, 0.1) is 0 Å². The molecule has 0 atom stereocenters. The van der Waals surface area contributed by atoms with Crippen molar-refractivity contribution < 1.29 is 22.7 Å². The van der Waals surface area contributed by atoms with Crippen LogP contribution in [0.25, 0.3) is 6.08 Å². The second-order valence-corrected chi connectivity index (χ2v) is 8.30. The number of benzene rings is 2. The standard InChI is InChI=1S/C18H16ClNO5S/c1-20(2)26(22,23)14-6-4-13(5-7-14)16(21)8-3-12-9-15(19)18-17(10-12)24-11-25-18/h3-10H,11H2,1-2H3. The van der Waals surface area contributed by atoms with Gasteiger partial charge in [0.05, 0.1) is 9.92 Å². The molecule has 0 aliphatic carbocycles. The molecule has 0 amide bonds. The number of rotatable bonds is 5. The number of hydrogen-bond acceptors (Lipinski definition) is 5. The molecule has 136 valence electrons. The van der Waals surface area contributed by atoms with Crippen molar-refractivity contribution in [3.63, 3.8) is 0 Å². The van der Waals surface area contributed by atoms with Gasteiger partial charge in [0.1, 0.15) is 0 Å². The number of fused-ring (bicyclic) bond motifs is 1. The van der Waals surface area contributed by atoms with E-state index in [1.54, 1.807) is 18.2 Å². The van der Waals surface area contributed by atoms with Crippen molar-refractivity contribution in [2.24, 2.45) is 0 Å². The third-order valence-corrected chi connectivity index (χ3v) is 5.90. The van der Waals surface area contributed by atoms with Gasteiger partial charge in [-0.25, -0.2) is 12.7 Å². The molecule has 1 aliphatic rings. The summed E-state index contributed by atoms with van der Waals surface area (Å²) in [6.45, 7) is 0.114. The van der Waals surface area contributed by atoms with Crippen molar-refractivity contribution in [1.82, 2.24) is 4.31 Å². The van der Waals surface area contributed by atoms with E-state index in [1.165, 1.54) is 44.4 Å². The monoisotopic (exact) mass is 393 g/mol. The molecule has 0 unspecified atom stereocenters. The van der Waals surface area contributed by atoms with Gasteiger partial charge in [0.15, 0.2) is 17.3 Å². The molecule has 0 radical (unpaired) electrons. The quantitative estimate of drug-likeness (QED) is 0.576. The van der Waals surface area contributed by atoms with E-state index in [-0.39, 0.29) is 17.5 Å². The van der Waals surface area contributed by atoms with Crippen molar-refractivity contribution in [2.75, 3.05) is 20.9 Å². The molecule has 0 aromatic heterocycles. The molecule has 26 heavy (non-hydrogen) atoms. The molecule has 0 spiro atoms. The highest BCUT2D eigenvalue weighted by Gasteiger charge is 2.18. The van der Waals surface area contributed by atoms with E-state index in [4.69, 9.17) is 21.1 Å². The molecule has 3 rings (SSSR count). The number of nitrogens with zero attached hydrogens (tertiary/aromatic N) is 1. The maximum absolute atomic E-state index is 12.3. The number of hydrogen-bond donors (Lipinski definition) is 0. The Kier molecular flexibility index (Phi) is 5.04. The van der Waals surface area contributed by atoms with E-state index in [9.17, 15) is 13.2 Å². The second kappa shape index (κ2) is 7.11. The van der Waals surface area contributed by atoms with Gasteiger partial charge in [-0.05, 0) is 48.0 Å². The van der Waals surface area contributed by atoms with E-state index in [2.05, 4.69) is 0 Å². The highest BCUT2D eigenvalue weighted by Crippen LogP contribution is 2.40. The third-order valence-electron chi connectivity index (χ3n) is 3.79. The minimum Gasteiger partial charge on any atom is -0.454 e. The molecule has 1 heterocycles. The number of allylic oxidation sites excluding steroid dienone is 1. The van der Waals surface area contributed by atoms with Gasteiger partial charge in [-0.3, -0.25) is 4.79 Å². The lowest BCUT2D eigenvalue weighted by Gasteiger charge is -2.11. The van der Waals surface area contributed by atoms with Gasteiger partial charge in [-0.2, -0.15) is 0 Å². The molecular weight excluding hydrogens is 378 g/mol. The van der Waals surface area contributed by atoms with Crippen LogP contribution in [-0.4, -0.2) is 39.4 Å². The minimum atomic E-state index is -3.52. The summed E-state index contributed by atoms with van der Waals surface area (Å²) in [6, 6.07) is 9.18. The summed E-state index contributed by atoms with van der Waals surface area (Å²) in [7, 11) is -0.618. The zero-order chi connectivity index (χ0) is 18.9. The molecule has 0 fully saturated rings. The first-order chi connectivity index (χ1) is 12.3. The summed E-state index contributed by atoms with van der Waals surface area (Å²) in [6.07, 6.45) is 3.00. The Balaban J connectivity index is 1.78. The Hall–Kier alpha value is -2.35. The fourth-order valence-electron chi connectivity index (χ4n) is 2.35. The number of carbonyl (C=O) groups is 1. The SMILES string of the molecule is CN(C)S(=O)(=O)c1ccc(C(=O)C=Cc2cc(Cl)c3c(c2)OCO3)cc1. The van der Waals surface area contributed by atoms with Gasteiger partial charge in [0.25, 0.3) is 0 Å². The lowest BCUT2D eigenvalue weighted by molar-refractivity contribution is 0.104. The van der Waals surface area contributed by atoms with E-state index >= 15 is 0 Å². The van der Waals surface area contributed by atoms with Crippen LogP contribution in [0.15, 0.2) is 47.4 Å². The first-order valence-corrected chi connectivity index (χ1v) is 9.45. The van der Waals surface area contributed by atoms with E-state index in [0.29, 0.717) is 27.6 Å². The van der Waals surface area contributed by atoms with Gasteiger partial charge in [-0.1, -0.05) is 17.7 Å². The third kappa shape index (κ3) is 3.60. The van der Waals surface area contributed by atoms with Gasteiger partial charge in [-0.15, -0.1) is 0 Å². The number of ketones is 1. The van der Waals surface area contributed by atoms with Gasteiger partial charge >= 0.3 is 0 Å². The maximum Gasteiger partial charge on any atom is 0.242 e. The highest BCUT2D eigenvalue weighted by atomic mass is 35.5. The molecule has 0 bridgehead atoms. The average Bonchev–Trinajstić information content (AvgIpc) is 3.09. The van der Waals surface area contributed by atoms with Crippen LogP contribution in [0.1, 0.15) is 15.9 Å². The average molecular weight is 394 g/mol. The predicted molar refractivity (Wildman–Crippen MR) is 98.3 cm³/mol. The summed E-state index contributed by atoms with van der Waals surface area (Å²) in [5.74, 6) is 0.767. The van der Waals surface area contributed by atoms with Crippen LogP contribution in [-0.2, 0) is 10.0 Å².